The van der Waals surface area contributed by atoms with Crippen LogP contribution in [-0.2, 0) is 4.74 Å². The molecule has 0 aliphatic rings. The van der Waals surface area contributed by atoms with Crippen LogP contribution in [-0.4, -0.2) is 22.6 Å². The molecule has 0 radical (unpaired) electrons. The molecule has 0 heterocycles. The van der Waals surface area contributed by atoms with E-state index < -0.39 is 23.4 Å². The summed E-state index contributed by atoms with van der Waals surface area (Å²) in [5, 5.41) is 9.24. The van der Waals surface area contributed by atoms with Crippen LogP contribution in [0.4, 0.5) is 10.1 Å². The number of carboxylic acids is 1. The van der Waals surface area contributed by atoms with Gasteiger partial charge in [0, 0.05) is 16.8 Å². The predicted molar refractivity (Wildman–Crippen MR) is 88.4 cm³/mol. The Kier molecular flexibility index (Phi) is 4.59. The molecule has 0 amide bonds. The fraction of sp³-hybridized carbons (Fsp3) is 0.222. The van der Waals surface area contributed by atoms with E-state index in [0.29, 0.717) is 5.56 Å². The molecule has 0 aromatic heterocycles. The molecule has 0 saturated heterocycles. The maximum Gasteiger partial charge on any atom is 0.338 e. The Bertz CT molecular complexity index is 809. The van der Waals surface area contributed by atoms with Gasteiger partial charge in [0.15, 0.2) is 0 Å². The molecule has 3 N–H and O–H groups in total. The largest absolute Gasteiger partial charge is 0.478 e. The zero-order valence-corrected chi connectivity index (χ0v) is 13.6. The van der Waals surface area contributed by atoms with Gasteiger partial charge in [-0.3, -0.25) is 0 Å². The topological polar surface area (TPSA) is 89.6 Å². The minimum absolute atomic E-state index is 0.0758. The van der Waals surface area contributed by atoms with Crippen LogP contribution in [0.2, 0.25) is 0 Å². The molecule has 24 heavy (non-hydrogen) atoms. The smallest absolute Gasteiger partial charge is 0.338 e. The molecule has 5 nitrogen and oxygen atoms in total. The van der Waals surface area contributed by atoms with Crippen molar-refractivity contribution < 1.29 is 23.8 Å². The predicted octanol–water partition coefficient (Wildman–Crippen LogP) is 3.73. The summed E-state index contributed by atoms with van der Waals surface area (Å²) in [6, 6.07) is 7.68. The summed E-state index contributed by atoms with van der Waals surface area (Å²) in [4.78, 5) is 23.4. The molecule has 2 rings (SSSR count). The third-order valence-electron chi connectivity index (χ3n) is 3.19. The highest BCUT2D eigenvalue weighted by molar-refractivity contribution is 5.99. The maximum atomic E-state index is 13.5. The molecule has 0 spiro atoms. The zero-order chi connectivity index (χ0) is 18.1. The van der Waals surface area contributed by atoms with Gasteiger partial charge in [0.2, 0.25) is 0 Å². The Labute approximate surface area is 138 Å². The van der Waals surface area contributed by atoms with E-state index in [1.807, 2.05) is 0 Å². The number of nitrogens with two attached hydrogens (primary N) is 1. The Morgan fingerprint density at radius 1 is 1.08 bits per heavy atom. The van der Waals surface area contributed by atoms with Crippen molar-refractivity contribution in [2.45, 2.75) is 26.4 Å². The van der Waals surface area contributed by atoms with Crippen LogP contribution in [0.5, 0.6) is 0 Å². The minimum Gasteiger partial charge on any atom is -0.478 e. The van der Waals surface area contributed by atoms with E-state index in [1.54, 1.807) is 20.8 Å². The number of halogens is 1. The lowest BCUT2D eigenvalue weighted by Gasteiger charge is -2.20. The van der Waals surface area contributed by atoms with Crippen molar-refractivity contribution in [3.8, 4) is 11.1 Å². The number of anilines is 1. The summed E-state index contributed by atoms with van der Waals surface area (Å²) in [5.74, 6) is -2.32. The van der Waals surface area contributed by atoms with E-state index in [1.165, 1.54) is 24.3 Å². The van der Waals surface area contributed by atoms with Gasteiger partial charge >= 0.3 is 11.9 Å². The van der Waals surface area contributed by atoms with Crippen LogP contribution in [0.3, 0.4) is 0 Å². The maximum absolute atomic E-state index is 13.5. The monoisotopic (exact) mass is 331 g/mol. The molecular weight excluding hydrogens is 313 g/mol. The third kappa shape index (κ3) is 3.90. The first kappa shape index (κ1) is 17.5. The molecule has 0 aliphatic carbocycles. The molecule has 0 saturated carbocycles. The molecule has 0 aliphatic heterocycles. The first-order valence-electron chi connectivity index (χ1n) is 7.24. The van der Waals surface area contributed by atoms with E-state index in [2.05, 4.69) is 0 Å². The molecular formula is C18H18FNO4. The number of carboxylic acid groups (broad SMARTS) is 1. The van der Waals surface area contributed by atoms with Crippen LogP contribution in [0.1, 0.15) is 41.5 Å². The van der Waals surface area contributed by atoms with Crippen LogP contribution >= 0.6 is 0 Å². The van der Waals surface area contributed by atoms with Crippen LogP contribution in [0.15, 0.2) is 36.4 Å². The van der Waals surface area contributed by atoms with Gasteiger partial charge in [-0.1, -0.05) is 6.07 Å². The molecule has 6 heteroatoms. The summed E-state index contributed by atoms with van der Waals surface area (Å²) in [6.45, 7) is 5.23. The van der Waals surface area contributed by atoms with Crippen LogP contribution < -0.4 is 5.73 Å². The second-order valence-electron chi connectivity index (χ2n) is 6.30. The normalized spacial score (nSPS) is 11.2. The van der Waals surface area contributed by atoms with Gasteiger partial charge < -0.3 is 15.6 Å². The number of carbonyl (C=O) groups is 2. The second-order valence-corrected chi connectivity index (χ2v) is 6.30. The second kappa shape index (κ2) is 6.31. The van der Waals surface area contributed by atoms with E-state index >= 15 is 0 Å². The lowest BCUT2D eigenvalue weighted by Crippen LogP contribution is -2.23. The van der Waals surface area contributed by atoms with Crippen molar-refractivity contribution in [3.05, 3.63) is 53.3 Å². The van der Waals surface area contributed by atoms with E-state index in [0.717, 1.165) is 12.1 Å². The SMILES string of the molecule is CC(C)(C)OC(=O)c1ccc(-c2cc(F)ccc2C(=O)O)c(N)c1. The lowest BCUT2D eigenvalue weighted by atomic mass is 9.96. The fourth-order valence-corrected chi connectivity index (χ4v) is 2.20. The van der Waals surface area contributed by atoms with Gasteiger partial charge in [-0.15, -0.1) is 0 Å². The van der Waals surface area contributed by atoms with Gasteiger partial charge in [-0.2, -0.15) is 0 Å². The number of hydrogen-bond acceptors (Lipinski definition) is 4. The highest BCUT2D eigenvalue weighted by atomic mass is 19.1. The Balaban J connectivity index is 2.47. The molecule has 2 aromatic rings. The van der Waals surface area contributed by atoms with Crippen molar-refractivity contribution in [3.63, 3.8) is 0 Å². The van der Waals surface area contributed by atoms with Gasteiger partial charge in [0.05, 0.1) is 11.1 Å². The van der Waals surface area contributed by atoms with Gasteiger partial charge in [0.1, 0.15) is 11.4 Å². The highest BCUT2D eigenvalue weighted by Crippen LogP contribution is 2.31. The van der Waals surface area contributed by atoms with Crippen molar-refractivity contribution in [1.29, 1.82) is 0 Å². The van der Waals surface area contributed by atoms with Gasteiger partial charge in [-0.25, -0.2) is 14.0 Å². The lowest BCUT2D eigenvalue weighted by molar-refractivity contribution is 0.00694. The Morgan fingerprint density at radius 2 is 1.75 bits per heavy atom. The van der Waals surface area contributed by atoms with Crippen LogP contribution in [0, 0.1) is 5.82 Å². The average Bonchev–Trinajstić information content (AvgIpc) is 2.44. The van der Waals surface area contributed by atoms with Crippen molar-refractivity contribution in [2.75, 3.05) is 5.73 Å². The summed E-state index contributed by atoms with van der Waals surface area (Å²) in [6.07, 6.45) is 0. The molecule has 2 aromatic carbocycles. The summed E-state index contributed by atoms with van der Waals surface area (Å²) in [7, 11) is 0. The molecule has 0 atom stereocenters. The molecule has 0 bridgehead atoms. The van der Waals surface area contributed by atoms with E-state index in [9.17, 15) is 19.1 Å². The summed E-state index contributed by atoms with van der Waals surface area (Å²) >= 11 is 0. The molecule has 126 valence electrons. The van der Waals surface area contributed by atoms with Gasteiger partial charge in [0.25, 0.3) is 0 Å². The quantitative estimate of drug-likeness (QED) is 0.661. The highest BCUT2D eigenvalue weighted by Gasteiger charge is 2.20. The van der Waals surface area contributed by atoms with E-state index in [4.69, 9.17) is 10.5 Å². The molecule has 0 fully saturated rings. The van der Waals surface area contributed by atoms with E-state index in [-0.39, 0.29) is 22.4 Å². The number of rotatable bonds is 3. The summed E-state index contributed by atoms with van der Waals surface area (Å²) < 4.78 is 18.8. The Morgan fingerprint density at radius 3 is 2.29 bits per heavy atom. The number of esters is 1. The van der Waals surface area contributed by atoms with Crippen molar-refractivity contribution >= 4 is 17.6 Å². The van der Waals surface area contributed by atoms with Crippen molar-refractivity contribution in [2.24, 2.45) is 0 Å². The number of nitrogen functional groups attached to an aromatic ring is 1. The number of benzene rings is 2. The number of aromatic carboxylic acids is 1. The number of ether oxygens (including phenoxy) is 1. The Hall–Kier alpha value is -2.89. The summed E-state index contributed by atoms with van der Waals surface area (Å²) in [5.41, 5.74) is 6.10. The average molecular weight is 331 g/mol. The first-order chi connectivity index (χ1) is 11.1. The third-order valence-corrected chi connectivity index (χ3v) is 3.19. The number of carbonyl (C=O) groups excluding carboxylic acids is 1. The minimum atomic E-state index is -1.19. The zero-order valence-electron chi connectivity index (χ0n) is 13.6. The number of hydrogen-bond donors (Lipinski definition) is 2. The first-order valence-corrected chi connectivity index (χ1v) is 7.24. The standard InChI is InChI=1S/C18H18FNO4/c1-18(2,3)24-17(23)10-4-6-12(15(20)8-10)14-9-11(19)5-7-13(14)16(21)22/h4-9H,20H2,1-3H3,(H,21,22). The van der Waals surface area contributed by atoms with Crippen LogP contribution in [0.25, 0.3) is 11.1 Å². The molecule has 0 unspecified atom stereocenters. The fourth-order valence-electron chi connectivity index (χ4n) is 2.20. The van der Waals surface area contributed by atoms with Crippen molar-refractivity contribution in [1.82, 2.24) is 0 Å². The van der Waals surface area contributed by atoms with Gasteiger partial charge in [-0.05, 0) is 51.1 Å².